The molecule has 0 aliphatic heterocycles. The molecule has 62 valence electrons. The summed E-state index contributed by atoms with van der Waals surface area (Å²) in [5.41, 5.74) is 1.42. The van der Waals surface area contributed by atoms with Crippen molar-refractivity contribution < 1.29 is 0 Å². The minimum Gasteiger partial charge on any atom is -0.344 e. The number of halogens is 1. The Morgan fingerprint density at radius 1 is 1.18 bits per heavy atom. The van der Waals surface area contributed by atoms with Crippen molar-refractivity contribution >= 4 is 15.9 Å². The predicted molar refractivity (Wildman–Crippen MR) is 53.2 cm³/mol. The Hall–Kier alpha value is -0.340. The van der Waals surface area contributed by atoms with Crippen molar-refractivity contribution in [1.29, 1.82) is 0 Å². The Bertz CT molecular complexity index is 193. The van der Waals surface area contributed by atoms with Crippen LogP contribution < -0.4 is 6.15 Å². The van der Waals surface area contributed by atoms with Crippen molar-refractivity contribution in [3.05, 3.63) is 34.3 Å². The zero-order chi connectivity index (χ0) is 7.40. The monoisotopic (exact) mass is 215 g/mol. The van der Waals surface area contributed by atoms with E-state index in [0.29, 0.717) is 0 Å². The van der Waals surface area contributed by atoms with Crippen molar-refractivity contribution in [2.24, 2.45) is 0 Å². The van der Waals surface area contributed by atoms with Crippen LogP contribution in [-0.2, 0) is 6.42 Å². The lowest BCUT2D eigenvalue weighted by Crippen LogP contribution is -1.80. The van der Waals surface area contributed by atoms with E-state index in [2.05, 4.69) is 47.1 Å². The summed E-state index contributed by atoms with van der Waals surface area (Å²) < 4.78 is 1.16. The van der Waals surface area contributed by atoms with E-state index in [1.165, 1.54) is 18.4 Å². The van der Waals surface area contributed by atoms with Crippen LogP contribution in [0.25, 0.3) is 0 Å². The van der Waals surface area contributed by atoms with Crippen LogP contribution in [0.4, 0.5) is 0 Å². The van der Waals surface area contributed by atoms with E-state index in [4.69, 9.17) is 0 Å². The molecule has 1 aromatic carbocycles. The second kappa shape index (κ2) is 5.33. The molecule has 0 bridgehead atoms. The molecule has 0 aliphatic carbocycles. The van der Waals surface area contributed by atoms with E-state index in [0.717, 1.165) is 4.47 Å². The van der Waals surface area contributed by atoms with Gasteiger partial charge in [-0.3, -0.25) is 0 Å². The van der Waals surface area contributed by atoms with Gasteiger partial charge in [0.15, 0.2) is 0 Å². The zero-order valence-corrected chi connectivity index (χ0v) is 8.39. The molecular formula is C9H14BrN. The summed E-state index contributed by atoms with van der Waals surface area (Å²) in [4.78, 5) is 0. The maximum Gasteiger partial charge on any atom is 0.0175 e. The average Bonchev–Trinajstić information content (AvgIpc) is 1.95. The first-order valence-corrected chi connectivity index (χ1v) is 4.36. The largest absolute Gasteiger partial charge is 0.344 e. The predicted octanol–water partition coefficient (Wildman–Crippen LogP) is 3.56. The minimum absolute atomic E-state index is 0. The van der Waals surface area contributed by atoms with Gasteiger partial charge in [0.1, 0.15) is 0 Å². The Morgan fingerprint density at radius 3 is 2.18 bits per heavy atom. The molecule has 0 unspecified atom stereocenters. The van der Waals surface area contributed by atoms with Crippen molar-refractivity contribution in [2.45, 2.75) is 19.8 Å². The Morgan fingerprint density at radius 2 is 1.73 bits per heavy atom. The summed E-state index contributed by atoms with van der Waals surface area (Å²) in [6.45, 7) is 2.20. The lowest BCUT2D eigenvalue weighted by atomic mass is 10.1. The molecule has 0 amide bonds. The second-order valence-electron chi connectivity index (χ2n) is 2.38. The Labute approximate surface area is 76.5 Å². The van der Waals surface area contributed by atoms with Crippen LogP contribution >= 0.6 is 15.9 Å². The summed E-state index contributed by atoms with van der Waals surface area (Å²) in [5.74, 6) is 0. The molecule has 0 aromatic heterocycles. The fourth-order valence-corrected chi connectivity index (χ4v) is 1.20. The van der Waals surface area contributed by atoms with Gasteiger partial charge >= 0.3 is 0 Å². The molecule has 0 spiro atoms. The van der Waals surface area contributed by atoms with Crippen LogP contribution in [0.3, 0.4) is 0 Å². The molecule has 0 saturated carbocycles. The third kappa shape index (κ3) is 3.54. The van der Waals surface area contributed by atoms with Gasteiger partial charge in [-0.15, -0.1) is 0 Å². The van der Waals surface area contributed by atoms with Gasteiger partial charge in [-0.05, 0) is 24.1 Å². The van der Waals surface area contributed by atoms with E-state index in [1.807, 2.05) is 0 Å². The third-order valence-corrected chi connectivity index (χ3v) is 1.98. The summed E-state index contributed by atoms with van der Waals surface area (Å²) in [6, 6.07) is 8.50. The number of aryl methyl sites for hydroxylation is 1. The van der Waals surface area contributed by atoms with E-state index in [9.17, 15) is 0 Å². The first kappa shape index (κ1) is 10.7. The molecule has 0 fully saturated rings. The molecule has 0 radical (unpaired) electrons. The molecule has 0 atom stereocenters. The molecule has 3 N–H and O–H groups in total. The van der Waals surface area contributed by atoms with Gasteiger partial charge in [-0.25, -0.2) is 0 Å². The van der Waals surface area contributed by atoms with Gasteiger partial charge in [-0.2, -0.15) is 0 Å². The highest BCUT2D eigenvalue weighted by Crippen LogP contribution is 2.11. The van der Waals surface area contributed by atoms with Crippen LogP contribution in [0.2, 0.25) is 0 Å². The second-order valence-corrected chi connectivity index (χ2v) is 3.29. The highest BCUT2D eigenvalue weighted by molar-refractivity contribution is 9.10. The Balaban J connectivity index is 0.000001000. The SMILES string of the molecule is CCCc1ccc(Br)cc1.N. The number of hydrogen-bond acceptors (Lipinski definition) is 1. The van der Waals surface area contributed by atoms with E-state index >= 15 is 0 Å². The van der Waals surface area contributed by atoms with Crippen LogP contribution in [0.1, 0.15) is 18.9 Å². The zero-order valence-electron chi connectivity index (χ0n) is 6.81. The van der Waals surface area contributed by atoms with Crippen molar-refractivity contribution in [2.75, 3.05) is 0 Å². The van der Waals surface area contributed by atoms with Gasteiger partial charge in [0, 0.05) is 4.47 Å². The van der Waals surface area contributed by atoms with Crippen molar-refractivity contribution in [1.82, 2.24) is 6.15 Å². The summed E-state index contributed by atoms with van der Waals surface area (Å²) in [6.07, 6.45) is 2.41. The summed E-state index contributed by atoms with van der Waals surface area (Å²) in [7, 11) is 0. The lowest BCUT2D eigenvalue weighted by molar-refractivity contribution is 0.921. The number of hydrogen-bond donors (Lipinski definition) is 1. The topological polar surface area (TPSA) is 35.0 Å². The van der Waals surface area contributed by atoms with Gasteiger partial charge in [0.2, 0.25) is 0 Å². The molecule has 1 aromatic rings. The van der Waals surface area contributed by atoms with Crippen molar-refractivity contribution in [3.63, 3.8) is 0 Å². The molecule has 2 heteroatoms. The number of rotatable bonds is 2. The first-order valence-electron chi connectivity index (χ1n) is 3.57. The van der Waals surface area contributed by atoms with Crippen LogP contribution in [0.5, 0.6) is 0 Å². The molecule has 0 aliphatic rings. The maximum absolute atomic E-state index is 3.40. The molecule has 0 heterocycles. The molecular weight excluding hydrogens is 202 g/mol. The van der Waals surface area contributed by atoms with E-state index in [-0.39, 0.29) is 6.15 Å². The van der Waals surface area contributed by atoms with Crippen molar-refractivity contribution in [3.8, 4) is 0 Å². The van der Waals surface area contributed by atoms with E-state index in [1.54, 1.807) is 0 Å². The normalized spacial score (nSPS) is 8.91. The fourth-order valence-electron chi connectivity index (χ4n) is 0.940. The molecule has 0 saturated heterocycles. The van der Waals surface area contributed by atoms with Gasteiger partial charge in [0.25, 0.3) is 0 Å². The smallest absolute Gasteiger partial charge is 0.0175 e. The van der Waals surface area contributed by atoms with Crippen LogP contribution in [-0.4, -0.2) is 0 Å². The molecule has 11 heavy (non-hydrogen) atoms. The lowest BCUT2D eigenvalue weighted by Gasteiger charge is -1.96. The van der Waals surface area contributed by atoms with Gasteiger partial charge in [0.05, 0.1) is 0 Å². The summed E-state index contributed by atoms with van der Waals surface area (Å²) >= 11 is 3.40. The maximum atomic E-state index is 3.40. The van der Waals surface area contributed by atoms with E-state index < -0.39 is 0 Å². The highest BCUT2D eigenvalue weighted by Gasteiger charge is 1.88. The molecule has 1 nitrogen and oxygen atoms in total. The standard InChI is InChI=1S/C9H11Br.H3N/c1-2-3-8-4-6-9(10)7-5-8;/h4-7H,2-3H2,1H3;1H3. The van der Waals surface area contributed by atoms with Crippen LogP contribution in [0, 0.1) is 0 Å². The highest BCUT2D eigenvalue weighted by atomic mass is 79.9. The summed E-state index contributed by atoms with van der Waals surface area (Å²) in [5, 5.41) is 0. The van der Waals surface area contributed by atoms with Gasteiger partial charge in [-0.1, -0.05) is 41.4 Å². The first-order chi connectivity index (χ1) is 4.83. The Kier molecular flexibility index (Phi) is 5.16. The number of benzene rings is 1. The fraction of sp³-hybridized carbons (Fsp3) is 0.333. The minimum atomic E-state index is 0. The van der Waals surface area contributed by atoms with Crippen LogP contribution in [0.15, 0.2) is 28.7 Å². The average molecular weight is 216 g/mol. The van der Waals surface area contributed by atoms with Gasteiger partial charge < -0.3 is 6.15 Å². The molecule has 1 rings (SSSR count). The third-order valence-electron chi connectivity index (χ3n) is 1.45. The quantitative estimate of drug-likeness (QED) is 0.805.